The summed E-state index contributed by atoms with van der Waals surface area (Å²) in [5.74, 6) is 3.31. The lowest BCUT2D eigenvalue weighted by atomic mass is 10.1. The van der Waals surface area contributed by atoms with Crippen LogP contribution in [0.5, 0.6) is 0 Å². The molecule has 4 rings (SSSR count). The van der Waals surface area contributed by atoms with Crippen LogP contribution in [0.2, 0.25) is 5.02 Å². The van der Waals surface area contributed by atoms with Gasteiger partial charge in [0.05, 0.1) is 24.0 Å². The number of nitrogens with one attached hydrogen (secondary N) is 3. The minimum absolute atomic E-state index is 0.207. The second-order valence-corrected chi connectivity index (χ2v) is 8.35. The molecule has 0 unspecified atom stereocenters. The highest BCUT2D eigenvalue weighted by Crippen LogP contribution is 2.30. The lowest BCUT2D eigenvalue weighted by Gasteiger charge is -2.20. The first-order chi connectivity index (χ1) is 16.5. The molecular weight excluding hydrogens is 450 g/mol. The molecule has 1 aliphatic rings. The van der Waals surface area contributed by atoms with Crippen molar-refractivity contribution in [1.82, 2.24) is 20.2 Å². The third-order valence-electron chi connectivity index (χ3n) is 5.61. The van der Waals surface area contributed by atoms with E-state index in [1.165, 1.54) is 11.8 Å². The van der Waals surface area contributed by atoms with Crippen LogP contribution < -0.4 is 20.9 Å². The Morgan fingerprint density at radius 2 is 2.03 bits per heavy atom. The highest BCUT2D eigenvalue weighted by Gasteiger charge is 2.18. The molecule has 0 aliphatic carbocycles. The van der Waals surface area contributed by atoms with Crippen molar-refractivity contribution in [2.24, 2.45) is 0 Å². The fourth-order valence-electron chi connectivity index (χ4n) is 3.82. The molecule has 0 radical (unpaired) electrons. The SMILES string of the molecule is C#CCN1CCN(C)c2cc(Nc3ncc(Cl)c(Nc4ccccc4C(=O)NC)n3)ccc2C1. The van der Waals surface area contributed by atoms with Gasteiger partial charge in [0.2, 0.25) is 5.95 Å². The van der Waals surface area contributed by atoms with Crippen molar-refractivity contribution in [2.45, 2.75) is 6.54 Å². The van der Waals surface area contributed by atoms with Crippen molar-refractivity contribution < 1.29 is 4.79 Å². The molecule has 1 aliphatic heterocycles. The summed E-state index contributed by atoms with van der Waals surface area (Å²) in [6, 6.07) is 13.3. The number of hydrogen-bond acceptors (Lipinski definition) is 7. The molecule has 34 heavy (non-hydrogen) atoms. The monoisotopic (exact) mass is 475 g/mol. The quantitative estimate of drug-likeness (QED) is 0.467. The third kappa shape index (κ3) is 5.22. The average molecular weight is 476 g/mol. The molecule has 0 saturated heterocycles. The van der Waals surface area contributed by atoms with Gasteiger partial charge < -0.3 is 20.9 Å². The van der Waals surface area contributed by atoms with E-state index in [4.69, 9.17) is 18.0 Å². The summed E-state index contributed by atoms with van der Waals surface area (Å²) in [5.41, 5.74) is 4.29. The topological polar surface area (TPSA) is 85.4 Å². The number of fused-ring (bicyclic) bond motifs is 1. The van der Waals surface area contributed by atoms with Gasteiger partial charge in [0.25, 0.3) is 5.91 Å². The van der Waals surface area contributed by atoms with E-state index in [0.717, 1.165) is 31.0 Å². The first kappa shape index (κ1) is 23.4. The van der Waals surface area contributed by atoms with Gasteiger partial charge in [-0.25, -0.2) is 4.98 Å². The Balaban J connectivity index is 1.57. The number of anilines is 5. The number of amides is 1. The molecule has 0 atom stereocenters. The molecule has 8 nitrogen and oxygen atoms in total. The number of hydrogen-bond donors (Lipinski definition) is 3. The van der Waals surface area contributed by atoms with Gasteiger partial charge in [-0.3, -0.25) is 9.69 Å². The zero-order valence-electron chi connectivity index (χ0n) is 19.1. The Bertz CT molecular complexity index is 1240. The number of carbonyl (C=O) groups excluding carboxylic acids is 1. The van der Waals surface area contributed by atoms with Crippen LogP contribution in [0, 0.1) is 12.3 Å². The summed E-state index contributed by atoms with van der Waals surface area (Å²) in [4.78, 5) is 25.5. The Hall–Kier alpha value is -3.80. The van der Waals surface area contributed by atoms with E-state index in [1.54, 1.807) is 25.2 Å². The lowest BCUT2D eigenvalue weighted by molar-refractivity contribution is 0.0964. The van der Waals surface area contributed by atoms with Gasteiger partial charge in [-0.15, -0.1) is 6.42 Å². The highest BCUT2D eigenvalue weighted by molar-refractivity contribution is 6.33. The van der Waals surface area contributed by atoms with Crippen molar-refractivity contribution in [1.29, 1.82) is 0 Å². The molecule has 174 valence electrons. The second-order valence-electron chi connectivity index (χ2n) is 7.94. The van der Waals surface area contributed by atoms with Crippen LogP contribution in [0.15, 0.2) is 48.7 Å². The summed E-state index contributed by atoms with van der Waals surface area (Å²) in [6.45, 7) is 3.23. The maximum absolute atomic E-state index is 12.2. The summed E-state index contributed by atoms with van der Waals surface area (Å²) in [5, 5.41) is 9.39. The Kier molecular flexibility index (Phi) is 7.16. The van der Waals surface area contributed by atoms with Gasteiger partial charge in [0.15, 0.2) is 5.82 Å². The van der Waals surface area contributed by atoms with Gasteiger partial charge in [-0.2, -0.15) is 4.98 Å². The number of para-hydroxylation sites is 1. The maximum atomic E-state index is 12.2. The van der Waals surface area contributed by atoms with Gasteiger partial charge in [-0.1, -0.05) is 35.7 Å². The first-order valence-corrected chi connectivity index (χ1v) is 11.2. The van der Waals surface area contributed by atoms with E-state index in [2.05, 4.69) is 60.8 Å². The molecular formula is C25H26ClN7O. The zero-order valence-corrected chi connectivity index (χ0v) is 19.9. The van der Waals surface area contributed by atoms with Gasteiger partial charge in [0.1, 0.15) is 5.02 Å². The summed E-state index contributed by atoms with van der Waals surface area (Å²) in [6.07, 6.45) is 7.04. The summed E-state index contributed by atoms with van der Waals surface area (Å²) >= 11 is 6.35. The molecule has 3 N–H and O–H groups in total. The first-order valence-electron chi connectivity index (χ1n) is 10.9. The molecule has 0 spiro atoms. The Labute approximate surface area is 204 Å². The van der Waals surface area contributed by atoms with E-state index >= 15 is 0 Å². The molecule has 2 heterocycles. The number of halogens is 1. The molecule has 9 heteroatoms. The molecule has 1 aromatic heterocycles. The van der Waals surface area contributed by atoms with Crippen LogP contribution in [0.25, 0.3) is 0 Å². The molecule has 3 aromatic rings. The largest absolute Gasteiger partial charge is 0.373 e. The number of nitrogens with zero attached hydrogens (tertiary/aromatic N) is 4. The van der Waals surface area contributed by atoms with Crippen molar-refractivity contribution >= 4 is 46.3 Å². The third-order valence-corrected chi connectivity index (χ3v) is 5.89. The minimum Gasteiger partial charge on any atom is -0.373 e. The molecule has 1 amide bonds. The van der Waals surface area contributed by atoms with Crippen molar-refractivity contribution in [3.63, 3.8) is 0 Å². The number of rotatable bonds is 6. The van der Waals surface area contributed by atoms with Crippen LogP contribution in [0.4, 0.5) is 28.8 Å². The number of benzene rings is 2. The van der Waals surface area contributed by atoms with Crippen LogP contribution in [-0.4, -0.2) is 54.5 Å². The molecule has 0 bridgehead atoms. The van der Waals surface area contributed by atoms with E-state index in [0.29, 0.717) is 34.6 Å². The fourth-order valence-corrected chi connectivity index (χ4v) is 3.96. The number of likely N-dealkylation sites (N-methyl/N-ethyl adjacent to an activating group) is 1. The molecule has 0 fully saturated rings. The number of carbonyl (C=O) groups is 1. The second kappa shape index (κ2) is 10.4. The maximum Gasteiger partial charge on any atom is 0.253 e. The van der Waals surface area contributed by atoms with Crippen molar-refractivity contribution in [2.75, 3.05) is 49.3 Å². The number of aromatic nitrogens is 2. The molecule has 0 saturated carbocycles. The van der Waals surface area contributed by atoms with Crippen LogP contribution >= 0.6 is 11.6 Å². The van der Waals surface area contributed by atoms with Crippen LogP contribution in [0.3, 0.4) is 0 Å². The minimum atomic E-state index is -0.207. The van der Waals surface area contributed by atoms with Crippen molar-refractivity contribution in [3.05, 3.63) is 64.8 Å². The van der Waals surface area contributed by atoms with E-state index < -0.39 is 0 Å². The normalized spacial score (nSPS) is 13.4. The highest BCUT2D eigenvalue weighted by atomic mass is 35.5. The lowest BCUT2D eigenvalue weighted by Crippen LogP contribution is -2.29. The summed E-state index contributed by atoms with van der Waals surface area (Å²) in [7, 11) is 3.66. The molecule has 2 aromatic carbocycles. The Morgan fingerprint density at radius 3 is 2.82 bits per heavy atom. The summed E-state index contributed by atoms with van der Waals surface area (Å²) < 4.78 is 0. The smallest absolute Gasteiger partial charge is 0.253 e. The van der Waals surface area contributed by atoms with E-state index in [-0.39, 0.29) is 5.91 Å². The zero-order chi connectivity index (χ0) is 24.1. The van der Waals surface area contributed by atoms with Gasteiger partial charge in [0, 0.05) is 45.1 Å². The predicted octanol–water partition coefficient (Wildman–Crippen LogP) is 3.86. The Morgan fingerprint density at radius 1 is 1.21 bits per heavy atom. The van der Waals surface area contributed by atoms with Gasteiger partial charge >= 0.3 is 0 Å². The average Bonchev–Trinajstić information content (AvgIpc) is 3.00. The number of terminal acetylenes is 1. The van der Waals surface area contributed by atoms with E-state index in [9.17, 15) is 4.79 Å². The van der Waals surface area contributed by atoms with Crippen molar-refractivity contribution in [3.8, 4) is 12.3 Å². The standard InChI is InChI=1S/C25H26ClN7O/c1-4-11-33-13-12-32(3)22-14-18(10-9-17(22)16-33)29-25-28-15-20(26)23(31-25)30-21-8-6-5-7-19(21)24(34)27-2/h1,5-10,14-15H,11-13,16H2,2-3H3,(H,27,34)(H2,28,29,30,31). The predicted molar refractivity (Wildman–Crippen MR) is 137 cm³/mol. The fraction of sp³-hybridized carbons (Fsp3) is 0.240. The van der Waals surface area contributed by atoms with Crippen LogP contribution in [0.1, 0.15) is 15.9 Å². The van der Waals surface area contributed by atoms with Gasteiger partial charge in [-0.05, 0) is 29.8 Å². The van der Waals surface area contributed by atoms with Crippen LogP contribution in [-0.2, 0) is 6.54 Å². The van der Waals surface area contributed by atoms with E-state index in [1.807, 2.05) is 12.1 Å².